The molecule has 25 heavy (non-hydrogen) atoms. The zero-order valence-electron chi connectivity index (χ0n) is 14.7. The molecule has 0 aromatic heterocycles. The molecule has 4 nitrogen and oxygen atoms in total. The van der Waals surface area contributed by atoms with Gasteiger partial charge in [0.05, 0.1) is 6.04 Å². The maximum Gasteiger partial charge on any atom is 0.318 e. The average Bonchev–Trinajstić information content (AvgIpc) is 2.67. The minimum absolute atomic E-state index is 0.0363. The Labute approximate surface area is 149 Å². The highest BCUT2D eigenvalue weighted by Crippen LogP contribution is 2.24. The van der Waals surface area contributed by atoms with Crippen molar-refractivity contribution >= 4 is 6.03 Å². The van der Waals surface area contributed by atoms with E-state index >= 15 is 0 Å². The highest BCUT2D eigenvalue weighted by Gasteiger charge is 2.25. The van der Waals surface area contributed by atoms with Crippen molar-refractivity contribution in [1.29, 1.82) is 0 Å². The lowest BCUT2D eigenvalue weighted by Crippen LogP contribution is -2.46. The molecule has 1 atom stereocenters. The first kappa shape index (κ1) is 17.5. The second-order valence-electron chi connectivity index (χ2n) is 6.82. The summed E-state index contributed by atoms with van der Waals surface area (Å²) in [5, 5.41) is 12.5. The number of benzene rings is 2. The van der Waals surface area contributed by atoms with E-state index in [1.807, 2.05) is 35.2 Å². The summed E-state index contributed by atoms with van der Waals surface area (Å²) in [5.74, 6) is 0.325. The molecule has 0 bridgehead atoms. The van der Waals surface area contributed by atoms with Crippen molar-refractivity contribution in [3.8, 4) is 0 Å². The number of amides is 2. The zero-order chi connectivity index (χ0) is 17.6. The summed E-state index contributed by atoms with van der Waals surface area (Å²) in [7, 11) is 0. The van der Waals surface area contributed by atoms with Crippen molar-refractivity contribution in [2.24, 2.45) is 5.92 Å². The topological polar surface area (TPSA) is 52.6 Å². The monoisotopic (exact) mass is 338 g/mol. The van der Waals surface area contributed by atoms with Crippen LogP contribution in [-0.4, -0.2) is 35.7 Å². The van der Waals surface area contributed by atoms with E-state index in [0.29, 0.717) is 19.0 Å². The smallest absolute Gasteiger partial charge is 0.318 e. The minimum Gasteiger partial charge on any atom is -0.396 e. The molecule has 2 aromatic rings. The van der Waals surface area contributed by atoms with Gasteiger partial charge >= 0.3 is 6.03 Å². The highest BCUT2D eigenvalue weighted by molar-refractivity contribution is 5.75. The van der Waals surface area contributed by atoms with E-state index < -0.39 is 0 Å². The van der Waals surface area contributed by atoms with Gasteiger partial charge in [-0.1, -0.05) is 60.2 Å². The third kappa shape index (κ3) is 4.40. The number of carbonyl (C=O) groups is 1. The number of aliphatic hydroxyl groups excluding tert-OH is 1. The van der Waals surface area contributed by atoms with Crippen LogP contribution in [0.15, 0.2) is 54.6 Å². The van der Waals surface area contributed by atoms with Crippen LogP contribution in [0.5, 0.6) is 0 Å². The Morgan fingerprint density at radius 1 is 1.08 bits per heavy atom. The van der Waals surface area contributed by atoms with Crippen LogP contribution in [-0.2, 0) is 0 Å². The summed E-state index contributed by atoms with van der Waals surface area (Å²) in [6.45, 7) is 3.68. The number of rotatable bonds is 4. The van der Waals surface area contributed by atoms with Crippen LogP contribution in [0, 0.1) is 12.8 Å². The Hall–Kier alpha value is -2.33. The van der Waals surface area contributed by atoms with Crippen molar-refractivity contribution in [2.75, 3.05) is 19.7 Å². The summed E-state index contributed by atoms with van der Waals surface area (Å²) in [5.41, 5.74) is 3.35. The van der Waals surface area contributed by atoms with Gasteiger partial charge in [-0.05, 0) is 36.8 Å². The molecule has 1 heterocycles. The van der Waals surface area contributed by atoms with Gasteiger partial charge in [0.1, 0.15) is 0 Å². The van der Waals surface area contributed by atoms with Crippen molar-refractivity contribution in [2.45, 2.75) is 25.8 Å². The quantitative estimate of drug-likeness (QED) is 0.896. The third-order valence-electron chi connectivity index (χ3n) is 4.97. The summed E-state index contributed by atoms with van der Waals surface area (Å²) >= 11 is 0. The predicted molar refractivity (Wildman–Crippen MR) is 99.4 cm³/mol. The van der Waals surface area contributed by atoms with Gasteiger partial charge in [-0.15, -0.1) is 0 Å². The fraction of sp³-hybridized carbons (Fsp3) is 0.381. The van der Waals surface area contributed by atoms with Gasteiger partial charge < -0.3 is 15.3 Å². The van der Waals surface area contributed by atoms with Gasteiger partial charge in [-0.2, -0.15) is 0 Å². The van der Waals surface area contributed by atoms with E-state index in [1.165, 1.54) is 5.56 Å². The number of nitrogens with zero attached hydrogens (tertiary/aromatic N) is 1. The molecule has 2 aromatic carbocycles. The maximum atomic E-state index is 12.8. The Morgan fingerprint density at radius 2 is 1.68 bits per heavy atom. The molecule has 1 fully saturated rings. The van der Waals surface area contributed by atoms with Crippen LogP contribution < -0.4 is 5.32 Å². The Balaban J connectivity index is 1.76. The molecule has 1 aliphatic rings. The van der Waals surface area contributed by atoms with Crippen LogP contribution in [0.25, 0.3) is 0 Å². The Morgan fingerprint density at radius 3 is 2.28 bits per heavy atom. The second-order valence-corrected chi connectivity index (χ2v) is 6.82. The zero-order valence-corrected chi connectivity index (χ0v) is 14.7. The molecule has 0 spiro atoms. The molecular formula is C21H26N2O2. The number of piperidine rings is 1. The number of carbonyl (C=O) groups excluding carboxylic acids is 1. The molecule has 1 unspecified atom stereocenters. The van der Waals surface area contributed by atoms with Gasteiger partial charge in [0.15, 0.2) is 0 Å². The molecule has 0 radical (unpaired) electrons. The van der Waals surface area contributed by atoms with Crippen molar-refractivity contribution in [1.82, 2.24) is 10.2 Å². The van der Waals surface area contributed by atoms with E-state index in [4.69, 9.17) is 0 Å². The summed E-state index contributed by atoms with van der Waals surface area (Å²) in [6, 6.07) is 18.2. The van der Waals surface area contributed by atoms with Crippen LogP contribution >= 0.6 is 0 Å². The second kappa shape index (κ2) is 8.17. The Bertz CT molecular complexity index is 677. The van der Waals surface area contributed by atoms with Gasteiger partial charge in [-0.25, -0.2) is 4.79 Å². The number of aryl methyl sites for hydroxylation is 1. The van der Waals surface area contributed by atoms with Crippen molar-refractivity contribution in [3.05, 3.63) is 71.3 Å². The summed E-state index contributed by atoms with van der Waals surface area (Å²) in [4.78, 5) is 14.6. The number of likely N-dealkylation sites (tertiary alicyclic amines) is 1. The van der Waals surface area contributed by atoms with Gasteiger partial charge in [0.25, 0.3) is 0 Å². The Kier molecular flexibility index (Phi) is 5.71. The average molecular weight is 338 g/mol. The number of nitrogens with one attached hydrogen (secondary N) is 1. The lowest BCUT2D eigenvalue weighted by atomic mass is 9.97. The number of urea groups is 1. The van der Waals surface area contributed by atoms with E-state index in [9.17, 15) is 9.90 Å². The van der Waals surface area contributed by atoms with Crippen LogP contribution in [0.1, 0.15) is 35.6 Å². The SMILES string of the molecule is Cc1ccc(C(NC(=O)N2CCC(CO)CC2)c2ccccc2)cc1. The standard InChI is InChI=1S/C21H26N2O2/c1-16-7-9-19(10-8-16)20(18-5-3-2-4-6-18)22-21(25)23-13-11-17(15-24)12-14-23/h2-10,17,20,24H,11-15H2,1H3,(H,22,25). The number of hydrogen-bond donors (Lipinski definition) is 2. The number of hydrogen-bond acceptors (Lipinski definition) is 2. The molecule has 1 saturated heterocycles. The first-order valence-corrected chi connectivity index (χ1v) is 8.95. The number of aliphatic hydroxyl groups is 1. The summed E-state index contributed by atoms with van der Waals surface area (Å²) in [6.07, 6.45) is 1.73. The molecule has 132 valence electrons. The molecule has 0 saturated carbocycles. The highest BCUT2D eigenvalue weighted by atomic mass is 16.3. The van der Waals surface area contributed by atoms with Crippen LogP contribution in [0.3, 0.4) is 0 Å². The summed E-state index contributed by atoms with van der Waals surface area (Å²) < 4.78 is 0. The van der Waals surface area contributed by atoms with Crippen molar-refractivity contribution < 1.29 is 9.90 Å². The van der Waals surface area contributed by atoms with Gasteiger partial charge in [0, 0.05) is 19.7 Å². The largest absolute Gasteiger partial charge is 0.396 e. The molecule has 3 rings (SSSR count). The molecule has 1 aliphatic heterocycles. The molecule has 4 heteroatoms. The van der Waals surface area contributed by atoms with E-state index in [1.54, 1.807) is 0 Å². The fourth-order valence-electron chi connectivity index (χ4n) is 3.30. The van der Waals surface area contributed by atoms with E-state index in [0.717, 1.165) is 24.0 Å². The van der Waals surface area contributed by atoms with Gasteiger partial charge in [0.2, 0.25) is 0 Å². The normalized spacial score (nSPS) is 16.5. The predicted octanol–water partition coefficient (Wildman–Crippen LogP) is 3.50. The first-order valence-electron chi connectivity index (χ1n) is 8.95. The molecule has 2 amide bonds. The molecule has 2 N–H and O–H groups in total. The molecular weight excluding hydrogens is 312 g/mol. The molecule has 0 aliphatic carbocycles. The van der Waals surface area contributed by atoms with Crippen LogP contribution in [0.2, 0.25) is 0 Å². The lowest BCUT2D eigenvalue weighted by molar-refractivity contribution is 0.136. The minimum atomic E-state index is -0.162. The van der Waals surface area contributed by atoms with Crippen molar-refractivity contribution in [3.63, 3.8) is 0 Å². The lowest BCUT2D eigenvalue weighted by Gasteiger charge is -2.32. The van der Waals surface area contributed by atoms with Crippen LogP contribution in [0.4, 0.5) is 4.79 Å². The maximum absolute atomic E-state index is 12.8. The van der Waals surface area contributed by atoms with E-state index in [-0.39, 0.29) is 18.7 Å². The van der Waals surface area contributed by atoms with E-state index in [2.05, 4.69) is 36.5 Å². The fourth-order valence-corrected chi connectivity index (χ4v) is 3.30. The third-order valence-corrected chi connectivity index (χ3v) is 4.97. The first-order chi connectivity index (χ1) is 12.2. The van der Waals surface area contributed by atoms with Gasteiger partial charge in [-0.3, -0.25) is 0 Å².